The summed E-state index contributed by atoms with van der Waals surface area (Å²) < 4.78 is 5.82. The van der Waals surface area contributed by atoms with Crippen LogP contribution in [-0.2, 0) is 4.79 Å². The second-order valence-electron chi connectivity index (χ2n) is 6.36. The molecule has 2 aliphatic heterocycles. The van der Waals surface area contributed by atoms with Gasteiger partial charge in [0.1, 0.15) is 17.5 Å². The molecular weight excluding hydrogens is 284 g/mol. The van der Waals surface area contributed by atoms with Crippen LogP contribution in [0.15, 0.2) is 18.2 Å². The van der Waals surface area contributed by atoms with E-state index < -0.39 is 23.9 Å². The molecule has 0 bridgehead atoms. The lowest BCUT2D eigenvalue weighted by atomic mass is 9.85. The highest BCUT2D eigenvalue weighted by molar-refractivity contribution is 5.80. The van der Waals surface area contributed by atoms with Crippen LogP contribution in [0.3, 0.4) is 0 Å². The molecule has 0 saturated carbocycles. The Kier molecular flexibility index (Phi) is 3.35. The SMILES string of the molecule is CC1(C)Oc2ccc(C#N)cc2C(N2CC(O)CC2=O)C1O. The summed E-state index contributed by atoms with van der Waals surface area (Å²) in [5.74, 6) is 0.344. The van der Waals surface area contributed by atoms with E-state index in [0.29, 0.717) is 16.9 Å². The van der Waals surface area contributed by atoms with E-state index in [-0.39, 0.29) is 18.9 Å². The number of β-amino-alcohol motifs (C(OH)–C–C–N with tert-alkyl or cyclic N) is 1. The summed E-state index contributed by atoms with van der Waals surface area (Å²) >= 11 is 0. The van der Waals surface area contributed by atoms with Crippen molar-refractivity contribution in [3.8, 4) is 11.8 Å². The highest BCUT2D eigenvalue weighted by Crippen LogP contribution is 2.44. The molecule has 1 saturated heterocycles. The molecule has 2 N–H and O–H groups in total. The van der Waals surface area contributed by atoms with Crippen LogP contribution in [-0.4, -0.2) is 45.4 Å². The number of rotatable bonds is 1. The molecule has 2 aliphatic rings. The summed E-state index contributed by atoms with van der Waals surface area (Å²) in [6.45, 7) is 3.68. The number of likely N-dealkylation sites (tertiary alicyclic amines) is 1. The van der Waals surface area contributed by atoms with E-state index in [9.17, 15) is 15.0 Å². The minimum absolute atomic E-state index is 0.0534. The molecule has 1 amide bonds. The minimum Gasteiger partial charge on any atom is -0.485 e. The molecule has 0 aliphatic carbocycles. The number of carbonyl (C=O) groups excluding carboxylic acids is 1. The Hall–Kier alpha value is -2.10. The maximum Gasteiger partial charge on any atom is 0.225 e. The number of nitriles is 1. The molecule has 0 spiro atoms. The molecule has 116 valence electrons. The molecule has 0 aromatic heterocycles. The Balaban J connectivity index is 2.11. The van der Waals surface area contributed by atoms with Gasteiger partial charge in [0.15, 0.2) is 0 Å². The summed E-state index contributed by atoms with van der Waals surface area (Å²) in [5, 5.41) is 29.5. The van der Waals surface area contributed by atoms with Crippen molar-refractivity contribution in [1.82, 2.24) is 4.90 Å². The van der Waals surface area contributed by atoms with Crippen molar-refractivity contribution in [2.24, 2.45) is 0 Å². The quantitative estimate of drug-likeness (QED) is 0.797. The van der Waals surface area contributed by atoms with Gasteiger partial charge in [0.05, 0.1) is 30.2 Å². The monoisotopic (exact) mass is 302 g/mol. The molecular formula is C16H18N2O4. The number of hydrogen-bond acceptors (Lipinski definition) is 5. The summed E-state index contributed by atoms with van der Waals surface area (Å²) in [7, 11) is 0. The summed E-state index contributed by atoms with van der Waals surface area (Å²) in [6.07, 6.45) is -1.63. The number of aliphatic hydroxyl groups excluding tert-OH is 2. The molecule has 3 rings (SSSR count). The zero-order valence-corrected chi connectivity index (χ0v) is 12.5. The Morgan fingerprint density at radius 1 is 1.41 bits per heavy atom. The molecule has 22 heavy (non-hydrogen) atoms. The molecule has 2 heterocycles. The van der Waals surface area contributed by atoms with Crippen LogP contribution in [0.4, 0.5) is 0 Å². The van der Waals surface area contributed by atoms with Crippen molar-refractivity contribution < 1.29 is 19.7 Å². The largest absolute Gasteiger partial charge is 0.485 e. The van der Waals surface area contributed by atoms with Crippen molar-refractivity contribution in [1.29, 1.82) is 5.26 Å². The van der Waals surface area contributed by atoms with E-state index in [2.05, 4.69) is 6.07 Å². The predicted molar refractivity (Wildman–Crippen MR) is 76.9 cm³/mol. The molecule has 3 atom stereocenters. The normalized spacial score (nSPS) is 29.7. The minimum atomic E-state index is -0.955. The number of benzene rings is 1. The van der Waals surface area contributed by atoms with E-state index in [1.165, 1.54) is 4.90 Å². The molecule has 1 aromatic rings. The average Bonchev–Trinajstić information content (AvgIpc) is 2.78. The third-order valence-corrected chi connectivity index (χ3v) is 4.32. The summed E-state index contributed by atoms with van der Waals surface area (Å²) in [6, 6.07) is 6.39. The van der Waals surface area contributed by atoms with Gasteiger partial charge >= 0.3 is 0 Å². The lowest BCUT2D eigenvalue weighted by Gasteiger charge is -2.45. The number of aliphatic hydroxyl groups is 2. The number of amides is 1. The van der Waals surface area contributed by atoms with Crippen LogP contribution in [0, 0.1) is 11.3 Å². The van der Waals surface area contributed by atoms with Gasteiger partial charge in [0.25, 0.3) is 0 Å². The van der Waals surface area contributed by atoms with Crippen molar-refractivity contribution in [2.45, 2.75) is 44.1 Å². The van der Waals surface area contributed by atoms with Gasteiger partial charge in [-0.3, -0.25) is 4.79 Å². The van der Waals surface area contributed by atoms with E-state index in [4.69, 9.17) is 10.00 Å². The fourth-order valence-electron chi connectivity index (χ4n) is 3.16. The Morgan fingerprint density at radius 2 is 2.14 bits per heavy atom. The van der Waals surface area contributed by atoms with Crippen molar-refractivity contribution >= 4 is 5.91 Å². The first-order chi connectivity index (χ1) is 10.3. The highest BCUT2D eigenvalue weighted by Gasteiger charge is 2.48. The number of hydrogen-bond donors (Lipinski definition) is 2. The lowest BCUT2D eigenvalue weighted by molar-refractivity contribution is -0.139. The zero-order chi connectivity index (χ0) is 16.1. The van der Waals surface area contributed by atoms with Crippen LogP contribution in [0.2, 0.25) is 0 Å². The zero-order valence-electron chi connectivity index (χ0n) is 12.5. The first-order valence-corrected chi connectivity index (χ1v) is 7.22. The molecule has 6 heteroatoms. The third-order valence-electron chi connectivity index (χ3n) is 4.32. The Labute approximate surface area is 128 Å². The Bertz CT molecular complexity index is 665. The molecule has 1 fully saturated rings. The second-order valence-corrected chi connectivity index (χ2v) is 6.36. The predicted octanol–water partition coefficient (Wildman–Crippen LogP) is 0.724. The third kappa shape index (κ3) is 2.23. The van der Waals surface area contributed by atoms with Gasteiger partial charge in [-0.05, 0) is 32.0 Å². The molecule has 1 aromatic carbocycles. The van der Waals surface area contributed by atoms with Gasteiger partial charge in [-0.1, -0.05) is 0 Å². The van der Waals surface area contributed by atoms with Crippen molar-refractivity contribution in [3.05, 3.63) is 29.3 Å². The topological polar surface area (TPSA) is 93.8 Å². The van der Waals surface area contributed by atoms with E-state index in [1.807, 2.05) is 0 Å². The van der Waals surface area contributed by atoms with E-state index in [1.54, 1.807) is 32.0 Å². The molecule has 3 unspecified atom stereocenters. The number of carbonyl (C=O) groups is 1. The lowest BCUT2D eigenvalue weighted by Crippen LogP contribution is -2.54. The fourth-order valence-corrected chi connectivity index (χ4v) is 3.16. The van der Waals surface area contributed by atoms with Crippen LogP contribution in [0.25, 0.3) is 0 Å². The Morgan fingerprint density at radius 3 is 2.73 bits per heavy atom. The first kappa shape index (κ1) is 14.8. The smallest absolute Gasteiger partial charge is 0.225 e. The summed E-state index contributed by atoms with van der Waals surface area (Å²) in [4.78, 5) is 13.6. The standard InChI is InChI=1S/C16H18N2O4/c1-16(2)15(21)14(18-8-10(19)6-13(18)20)11-5-9(7-17)3-4-12(11)22-16/h3-5,10,14-15,19,21H,6,8H2,1-2H3. The number of ether oxygens (including phenoxy) is 1. The van der Waals surface area contributed by atoms with Gasteiger partial charge in [0.2, 0.25) is 5.91 Å². The molecule has 0 radical (unpaired) electrons. The number of nitrogens with zero attached hydrogens (tertiary/aromatic N) is 2. The molecule has 6 nitrogen and oxygen atoms in total. The van der Waals surface area contributed by atoms with Gasteiger partial charge in [-0.25, -0.2) is 0 Å². The van der Waals surface area contributed by atoms with Crippen molar-refractivity contribution in [2.75, 3.05) is 6.54 Å². The van der Waals surface area contributed by atoms with Crippen molar-refractivity contribution in [3.63, 3.8) is 0 Å². The van der Waals surface area contributed by atoms with Gasteiger partial charge in [-0.2, -0.15) is 5.26 Å². The second kappa shape index (κ2) is 4.97. The first-order valence-electron chi connectivity index (χ1n) is 7.22. The van der Waals surface area contributed by atoms with Gasteiger partial charge in [-0.15, -0.1) is 0 Å². The highest BCUT2D eigenvalue weighted by atomic mass is 16.5. The van der Waals surface area contributed by atoms with Crippen LogP contribution in [0.5, 0.6) is 5.75 Å². The van der Waals surface area contributed by atoms with Gasteiger partial charge in [0, 0.05) is 12.1 Å². The van der Waals surface area contributed by atoms with Crippen LogP contribution in [0.1, 0.15) is 37.4 Å². The van der Waals surface area contributed by atoms with E-state index in [0.717, 1.165) is 0 Å². The maximum atomic E-state index is 12.2. The number of fused-ring (bicyclic) bond motifs is 1. The fraction of sp³-hybridized carbons (Fsp3) is 0.500. The van der Waals surface area contributed by atoms with Crippen LogP contribution < -0.4 is 4.74 Å². The maximum absolute atomic E-state index is 12.2. The van der Waals surface area contributed by atoms with Gasteiger partial charge < -0.3 is 19.8 Å². The van der Waals surface area contributed by atoms with E-state index >= 15 is 0 Å². The van der Waals surface area contributed by atoms with Crippen LogP contribution >= 0.6 is 0 Å². The summed E-state index contributed by atoms with van der Waals surface area (Å²) in [5.41, 5.74) is 0.166. The average molecular weight is 302 g/mol.